The molecular weight excluding hydrogens is 232 g/mol. The fraction of sp³-hybridized carbons (Fsp3) is 0.529. The molecular formula is C17H26Si. The van der Waals surface area contributed by atoms with Gasteiger partial charge in [0.25, 0.3) is 0 Å². The molecule has 0 fully saturated rings. The molecule has 0 bridgehead atoms. The summed E-state index contributed by atoms with van der Waals surface area (Å²) in [6, 6.07) is 8.93. The van der Waals surface area contributed by atoms with E-state index in [1.54, 1.807) is 0 Å². The van der Waals surface area contributed by atoms with Crippen molar-refractivity contribution in [1.82, 2.24) is 0 Å². The minimum Gasteiger partial charge on any atom is -0.131 e. The number of hydrogen-bond acceptors (Lipinski definition) is 0. The molecule has 1 aromatic rings. The van der Waals surface area contributed by atoms with Gasteiger partial charge in [0.15, 0.2) is 0 Å². The Morgan fingerprint density at radius 1 is 1.00 bits per heavy atom. The summed E-state index contributed by atoms with van der Waals surface area (Å²) < 4.78 is 0. The molecule has 0 aromatic heterocycles. The van der Waals surface area contributed by atoms with Crippen LogP contribution in [0.15, 0.2) is 24.3 Å². The van der Waals surface area contributed by atoms with Gasteiger partial charge in [-0.2, -0.15) is 0 Å². The lowest BCUT2D eigenvalue weighted by Crippen LogP contribution is -2.16. The maximum absolute atomic E-state index is 3.45. The quantitative estimate of drug-likeness (QED) is 0.493. The molecule has 0 saturated heterocycles. The SMILES string of the molecule is C[C@@H](C#C[Si](C)(C)C)c1ccc(C(C)(C)C)cc1. The van der Waals surface area contributed by atoms with Crippen LogP contribution in [0.1, 0.15) is 44.7 Å². The lowest BCUT2D eigenvalue weighted by molar-refractivity contribution is 0.590. The van der Waals surface area contributed by atoms with Gasteiger partial charge in [-0.1, -0.05) is 64.7 Å². The standard InChI is InChI=1S/C17H26Si/c1-14(12-13-18(5,6)7)15-8-10-16(11-9-15)17(2,3)4/h8-11,14H,1-7H3/t14-/m0/s1. The second-order valence-corrected chi connectivity index (χ2v) is 11.9. The van der Waals surface area contributed by atoms with Gasteiger partial charge in [0.1, 0.15) is 8.07 Å². The molecule has 1 aromatic carbocycles. The predicted molar refractivity (Wildman–Crippen MR) is 84.7 cm³/mol. The lowest BCUT2D eigenvalue weighted by Gasteiger charge is -2.19. The van der Waals surface area contributed by atoms with E-state index in [1.807, 2.05) is 0 Å². The molecule has 0 aliphatic carbocycles. The molecule has 0 nitrogen and oxygen atoms in total. The van der Waals surface area contributed by atoms with E-state index in [1.165, 1.54) is 11.1 Å². The first kappa shape index (κ1) is 15.1. The fourth-order valence-electron chi connectivity index (χ4n) is 1.68. The predicted octanol–water partition coefficient (Wildman–Crippen LogP) is 4.97. The summed E-state index contributed by atoms with van der Waals surface area (Å²) >= 11 is 0. The summed E-state index contributed by atoms with van der Waals surface area (Å²) in [5.74, 6) is 3.75. The number of rotatable bonds is 1. The first-order chi connectivity index (χ1) is 8.09. The van der Waals surface area contributed by atoms with Gasteiger partial charge in [-0.3, -0.25) is 0 Å². The summed E-state index contributed by atoms with van der Waals surface area (Å²) in [7, 11) is -1.25. The van der Waals surface area contributed by atoms with Gasteiger partial charge in [0, 0.05) is 5.92 Å². The third-order valence-corrected chi connectivity index (χ3v) is 3.83. The molecule has 1 heteroatoms. The van der Waals surface area contributed by atoms with Gasteiger partial charge in [-0.25, -0.2) is 0 Å². The van der Waals surface area contributed by atoms with Crippen molar-refractivity contribution in [2.75, 3.05) is 0 Å². The summed E-state index contributed by atoms with van der Waals surface area (Å²) in [6.07, 6.45) is 0. The highest BCUT2D eigenvalue weighted by molar-refractivity contribution is 6.83. The average Bonchev–Trinajstić information content (AvgIpc) is 2.24. The van der Waals surface area contributed by atoms with Crippen molar-refractivity contribution in [1.29, 1.82) is 0 Å². The Kier molecular flexibility index (Phi) is 4.45. The van der Waals surface area contributed by atoms with E-state index in [2.05, 4.69) is 83.1 Å². The lowest BCUT2D eigenvalue weighted by atomic mass is 9.86. The topological polar surface area (TPSA) is 0 Å². The van der Waals surface area contributed by atoms with Gasteiger partial charge >= 0.3 is 0 Å². The van der Waals surface area contributed by atoms with Gasteiger partial charge < -0.3 is 0 Å². The third kappa shape index (κ3) is 4.70. The Labute approximate surface area is 114 Å². The van der Waals surface area contributed by atoms with Crippen LogP contribution in [0.4, 0.5) is 0 Å². The van der Waals surface area contributed by atoms with Crippen molar-refractivity contribution in [3.05, 3.63) is 35.4 Å². The Balaban J connectivity index is 2.89. The van der Waals surface area contributed by atoms with E-state index in [-0.39, 0.29) is 5.41 Å². The van der Waals surface area contributed by atoms with Crippen LogP contribution in [0, 0.1) is 11.5 Å². The highest BCUT2D eigenvalue weighted by atomic mass is 28.3. The first-order valence-corrected chi connectivity index (χ1v) is 10.2. The van der Waals surface area contributed by atoms with Crippen LogP contribution in [-0.4, -0.2) is 8.07 Å². The Morgan fingerprint density at radius 3 is 1.89 bits per heavy atom. The van der Waals surface area contributed by atoms with Crippen LogP contribution in [0.5, 0.6) is 0 Å². The molecule has 18 heavy (non-hydrogen) atoms. The zero-order valence-electron chi connectivity index (χ0n) is 12.9. The minimum absolute atomic E-state index is 0.228. The van der Waals surface area contributed by atoms with Crippen molar-refractivity contribution in [3.8, 4) is 11.5 Å². The molecule has 1 atom stereocenters. The zero-order chi connectivity index (χ0) is 14.0. The maximum Gasteiger partial charge on any atom is 0.129 e. The first-order valence-electron chi connectivity index (χ1n) is 6.73. The van der Waals surface area contributed by atoms with Crippen LogP contribution < -0.4 is 0 Å². The average molecular weight is 258 g/mol. The molecule has 0 aliphatic rings. The van der Waals surface area contributed by atoms with E-state index in [0.29, 0.717) is 5.92 Å². The van der Waals surface area contributed by atoms with Gasteiger partial charge in [-0.05, 0) is 23.5 Å². The van der Waals surface area contributed by atoms with Gasteiger partial charge in [-0.15, -0.1) is 11.5 Å². The second kappa shape index (κ2) is 5.32. The molecule has 0 heterocycles. The molecule has 98 valence electrons. The van der Waals surface area contributed by atoms with Crippen molar-refractivity contribution >= 4 is 8.07 Å². The smallest absolute Gasteiger partial charge is 0.129 e. The Morgan fingerprint density at radius 2 is 1.50 bits per heavy atom. The summed E-state index contributed by atoms with van der Waals surface area (Å²) in [6.45, 7) is 15.8. The molecule has 1 rings (SSSR count). The van der Waals surface area contributed by atoms with Crippen LogP contribution in [0.3, 0.4) is 0 Å². The third-order valence-electron chi connectivity index (χ3n) is 2.94. The maximum atomic E-state index is 3.45. The zero-order valence-corrected chi connectivity index (χ0v) is 13.9. The van der Waals surface area contributed by atoms with Gasteiger partial charge in [0.05, 0.1) is 0 Å². The van der Waals surface area contributed by atoms with Gasteiger partial charge in [0.2, 0.25) is 0 Å². The van der Waals surface area contributed by atoms with Crippen molar-refractivity contribution in [3.63, 3.8) is 0 Å². The minimum atomic E-state index is -1.25. The van der Waals surface area contributed by atoms with E-state index >= 15 is 0 Å². The molecule has 0 amide bonds. The van der Waals surface area contributed by atoms with E-state index in [4.69, 9.17) is 0 Å². The highest BCUT2D eigenvalue weighted by Gasteiger charge is 2.14. The summed E-state index contributed by atoms with van der Waals surface area (Å²) in [4.78, 5) is 0. The van der Waals surface area contributed by atoms with Crippen LogP contribution in [0.2, 0.25) is 19.6 Å². The number of hydrogen-bond donors (Lipinski definition) is 0. The highest BCUT2D eigenvalue weighted by Crippen LogP contribution is 2.24. The van der Waals surface area contributed by atoms with Crippen molar-refractivity contribution < 1.29 is 0 Å². The number of benzene rings is 1. The summed E-state index contributed by atoms with van der Waals surface area (Å²) in [5, 5.41) is 0. The molecule has 0 N–H and O–H groups in total. The molecule has 0 saturated carbocycles. The van der Waals surface area contributed by atoms with Crippen LogP contribution in [-0.2, 0) is 5.41 Å². The van der Waals surface area contributed by atoms with Crippen molar-refractivity contribution in [2.24, 2.45) is 0 Å². The van der Waals surface area contributed by atoms with Crippen molar-refractivity contribution in [2.45, 2.75) is 58.7 Å². The fourth-order valence-corrected chi connectivity index (χ4v) is 2.33. The summed E-state index contributed by atoms with van der Waals surface area (Å²) in [5.41, 5.74) is 6.40. The van der Waals surface area contributed by atoms with E-state index in [9.17, 15) is 0 Å². The second-order valence-electron chi connectivity index (χ2n) is 7.11. The molecule has 0 radical (unpaired) electrons. The van der Waals surface area contributed by atoms with Crippen LogP contribution >= 0.6 is 0 Å². The largest absolute Gasteiger partial charge is 0.131 e. The van der Waals surface area contributed by atoms with E-state index < -0.39 is 8.07 Å². The van der Waals surface area contributed by atoms with E-state index in [0.717, 1.165) is 0 Å². The molecule has 0 unspecified atom stereocenters. The van der Waals surface area contributed by atoms with Crippen LogP contribution in [0.25, 0.3) is 0 Å². The Bertz CT molecular complexity index is 444. The molecule has 0 aliphatic heterocycles. The molecule has 0 spiro atoms. The normalized spacial score (nSPS) is 13.7. The Hall–Kier alpha value is -1.00. The monoisotopic (exact) mass is 258 g/mol.